The van der Waals surface area contributed by atoms with Gasteiger partial charge in [-0.2, -0.15) is 0 Å². The summed E-state index contributed by atoms with van der Waals surface area (Å²) in [4.78, 5) is 16.5. The van der Waals surface area contributed by atoms with Crippen molar-refractivity contribution in [3.05, 3.63) is 23.9 Å². The smallest absolute Gasteiger partial charge is 0.256 e. The highest BCUT2D eigenvalue weighted by molar-refractivity contribution is 7.90. The summed E-state index contributed by atoms with van der Waals surface area (Å²) in [5.41, 5.74) is 0.587. The molecule has 3 heterocycles. The van der Waals surface area contributed by atoms with Gasteiger partial charge in [0.05, 0.1) is 11.3 Å². The zero-order valence-electron chi connectivity index (χ0n) is 13.6. The first-order valence-corrected chi connectivity index (χ1v) is 9.62. The zero-order chi connectivity index (χ0) is 16.4. The van der Waals surface area contributed by atoms with Crippen LogP contribution in [-0.2, 0) is 14.8 Å². The monoisotopic (exact) mass is 374 g/mol. The fourth-order valence-electron chi connectivity index (χ4n) is 3.09. The Morgan fingerprint density at radius 2 is 2.25 bits per heavy atom. The van der Waals surface area contributed by atoms with Crippen molar-refractivity contribution in [2.24, 2.45) is 4.40 Å². The van der Waals surface area contributed by atoms with E-state index in [1.165, 1.54) is 0 Å². The molecule has 1 N–H and O–H groups in total. The van der Waals surface area contributed by atoms with Gasteiger partial charge >= 0.3 is 0 Å². The molecule has 0 aromatic heterocycles. The van der Waals surface area contributed by atoms with E-state index in [2.05, 4.69) is 16.6 Å². The summed E-state index contributed by atoms with van der Waals surface area (Å²) in [6.45, 7) is 4.89. The minimum Gasteiger partial charge on any atom is -0.334 e. The van der Waals surface area contributed by atoms with Crippen LogP contribution in [0, 0.1) is 0 Å². The molecule has 1 atom stereocenters. The van der Waals surface area contributed by atoms with E-state index in [4.69, 9.17) is 0 Å². The Kier molecular flexibility index (Phi) is 6.06. The van der Waals surface area contributed by atoms with E-state index in [0.717, 1.165) is 32.5 Å². The molecule has 0 saturated carbocycles. The number of fused-ring (bicyclic) bond motifs is 1. The molecule has 134 valence electrons. The molecule has 0 aromatic rings. The number of hydrogen-bond acceptors (Lipinski definition) is 5. The van der Waals surface area contributed by atoms with Crippen molar-refractivity contribution in [2.45, 2.75) is 25.8 Å². The van der Waals surface area contributed by atoms with Crippen molar-refractivity contribution >= 4 is 34.2 Å². The van der Waals surface area contributed by atoms with Gasteiger partial charge in [0.1, 0.15) is 5.84 Å². The standard InChI is InChI=1S/C15H22N4O3S.ClH/c1-2-7-19(13-5-6-16-10-13)15(20)12-3-4-14-17-23(21,22)9-8-18(14)11-12;/h3-4,11,13,16H,2,5-10H2,1H3;1H. The molecule has 0 radical (unpaired) electrons. The Morgan fingerprint density at radius 3 is 2.92 bits per heavy atom. The Labute approximate surface area is 148 Å². The molecule has 1 unspecified atom stereocenters. The van der Waals surface area contributed by atoms with Crippen molar-refractivity contribution in [2.75, 3.05) is 31.9 Å². The summed E-state index contributed by atoms with van der Waals surface area (Å²) in [6.07, 6.45) is 6.89. The molecule has 3 aliphatic heterocycles. The van der Waals surface area contributed by atoms with Gasteiger partial charge in [0.25, 0.3) is 15.9 Å². The molecule has 24 heavy (non-hydrogen) atoms. The molecule has 1 amide bonds. The largest absolute Gasteiger partial charge is 0.334 e. The second kappa shape index (κ2) is 7.67. The number of nitrogens with one attached hydrogen (secondary N) is 1. The number of halogens is 1. The van der Waals surface area contributed by atoms with Crippen LogP contribution in [0.2, 0.25) is 0 Å². The number of carbonyl (C=O) groups is 1. The summed E-state index contributed by atoms with van der Waals surface area (Å²) in [7, 11) is -3.37. The third-order valence-electron chi connectivity index (χ3n) is 4.27. The highest BCUT2D eigenvalue weighted by Crippen LogP contribution is 2.19. The predicted octanol–water partition coefficient (Wildman–Crippen LogP) is 0.506. The predicted molar refractivity (Wildman–Crippen MR) is 95.7 cm³/mol. The van der Waals surface area contributed by atoms with E-state index >= 15 is 0 Å². The lowest BCUT2D eigenvalue weighted by Gasteiger charge is -2.31. The lowest BCUT2D eigenvalue weighted by Crippen LogP contribution is -2.44. The molecular formula is C15H23ClN4O3S. The van der Waals surface area contributed by atoms with Gasteiger partial charge in [0.15, 0.2) is 0 Å². The fraction of sp³-hybridized carbons (Fsp3) is 0.600. The van der Waals surface area contributed by atoms with E-state index in [0.29, 0.717) is 18.0 Å². The highest BCUT2D eigenvalue weighted by atomic mass is 35.5. The average molecular weight is 375 g/mol. The van der Waals surface area contributed by atoms with Gasteiger partial charge < -0.3 is 15.1 Å². The summed E-state index contributed by atoms with van der Waals surface area (Å²) in [5, 5.41) is 3.30. The first kappa shape index (κ1) is 19.0. The van der Waals surface area contributed by atoms with Gasteiger partial charge in [0.2, 0.25) is 0 Å². The number of rotatable bonds is 4. The first-order valence-electron chi connectivity index (χ1n) is 8.01. The molecule has 7 nitrogen and oxygen atoms in total. The molecule has 3 rings (SSSR count). The van der Waals surface area contributed by atoms with Crippen molar-refractivity contribution in [3.63, 3.8) is 0 Å². The summed E-state index contributed by atoms with van der Waals surface area (Å²) in [5.74, 6) is 0.370. The molecule has 1 fully saturated rings. The van der Waals surface area contributed by atoms with Crippen LogP contribution in [0.1, 0.15) is 19.8 Å². The van der Waals surface area contributed by atoms with Gasteiger partial charge in [-0.15, -0.1) is 16.8 Å². The Balaban J connectivity index is 0.00000208. The lowest BCUT2D eigenvalue weighted by molar-refractivity contribution is -0.128. The van der Waals surface area contributed by atoms with E-state index < -0.39 is 10.0 Å². The molecule has 0 spiro atoms. The third-order valence-corrected chi connectivity index (χ3v) is 5.44. The minimum atomic E-state index is -3.37. The molecule has 0 bridgehead atoms. The van der Waals surface area contributed by atoms with E-state index in [-0.39, 0.29) is 30.1 Å². The van der Waals surface area contributed by atoms with Crippen LogP contribution < -0.4 is 5.32 Å². The SMILES string of the molecule is CCCN(C(=O)C1=CN2CCS(=O)(=O)N=C2C=C1)C1CCNC1.Cl. The maximum atomic E-state index is 12.9. The number of nitrogens with zero attached hydrogens (tertiary/aromatic N) is 3. The second-order valence-electron chi connectivity index (χ2n) is 5.99. The van der Waals surface area contributed by atoms with Crippen LogP contribution in [0.3, 0.4) is 0 Å². The van der Waals surface area contributed by atoms with E-state index in [1.54, 1.807) is 23.3 Å². The normalized spacial score (nSPS) is 24.5. The van der Waals surface area contributed by atoms with Gasteiger partial charge in [-0.25, -0.2) is 8.42 Å². The molecule has 9 heteroatoms. The zero-order valence-corrected chi connectivity index (χ0v) is 15.3. The van der Waals surface area contributed by atoms with Crippen molar-refractivity contribution in [3.8, 4) is 0 Å². The highest BCUT2D eigenvalue weighted by Gasteiger charge is 2.30. The summed E-state index contributed by atoms with van der Waals surface area (Å²) < 4.78 is 26.8. The second-order valence-corrected chi connectivity index (χ2v) is 7.75. The van der Waals surface area contributed by atoms with Crippen molar-refractivity contribution in [1.29, 1.82) is 0 Å². The van der Waals surface area contributed by atoms with Gasteiger partial charge in [-0.05, 0) is 31.5 Å². The van der Waals surface area contributed by atoms with Crippen LogP contribution in [0.25, 0.3) is 0 Å². The van der Waals surface area contributed by atoms with E-state index in [1.807, 2.05) is 4.90 Å². The number of hydrogen-bond donors (Lipinski definition) is 1. The summed E-state index contributed by atoms with van der Waals surface area (Å²) >= 11 is 0. The van der Waals surface area contributed by atoms with Crippen LogP contribution in [-0.4, -0.2) is 67.9 Å². The number of carbonyl (C=O) groups excluding carboxylic acids is 1. The maximum Gasteiger partial charge on any atom is 0.256 e. The Bertz CT molecular complexity index is 681. The quantitative estimate of drug-likeness (QED) is 0.775. The molecule has 3 aliphatic rings. The number of amidine groups is 1. The Hall–Kier alpha value is -1.38. The molecule has 0 aromatic carbocycles. The van der Waals surface area contributed by atoms with Crippen LogP contribution >= 0.6 is 12.4 Å². The van der Waals surface area contributed by atoms with E-state index in [9.17, 15) is 13.2 Å². The summed E-state index contributed by atoms with van der Waals surface area (Å²) in [6, 6.07) is 0.230. The third kappa shape index (κ3) is 3.99. The van der Waals surface area contributed by atoms with Crippen LogP contribution in [0.5, 0.6) is 0 Å². The number of amides is 1. The van der Waals surface area contributed by atoms with Crippen molar-refractivity contribution < 1.29 is 13.2 Å². The molecular weight excluding hydrogens is 352 g/mol. The molecule has 1 saturated heterocycles. The van der Waals surface area contributed by atoms with Crippen molar-refractivity contribution in [1.82, 2.24) is 15.1 Å². The van der Waals surface area contributed by atoms with Gasteiger partial charge in [0, 0.05) is 31.9 Å². The Morgan fingerprint density at radius 1 is 1.46 bits per heavy atom. The minimum absolute atomic E-state index is 0. The topological polar surface area (TPSA) is 82.1 Å². The first-order chi connectivity index (χ1) is 11.0. The van der Waals surface area contributed by atoms with Crippen LogP contribution in [0.4, 0.5) is 0 Å². The van der Waals surface area contributed by atoms with Gasteiger partial charge in [-0.1, -0.05) is 6.92 Å². The fourth-order valence-corrected chi connectivity index (χ4v) is 4.06. The average Bonchev–Trinajstić information content (AvgIpc) is 3.05. The molecule has 0 aliphatic carbocycles. The maximum absolute atomic E-state index is 12.9. The number of sulfonamides is 1. The lowest BCUT2D eigenvalue weighted by atomic mass is 10.1. The van der Waals surface area contributed by atoms with Gasteiger partial charge in [-0.3, -0.25) is 4.79 Å². The van der Waals surface area contributed by atoms with Crippen LogP contribution in [0.15, 0.2) is 28.3 Å².